The van der Waals surface area contributed by atoms with E-state index in [0.717, 1.165) is 25.8 Å². The van der Waals surface area contributed by atoms with Crippen LogP contribution >= 0.6 is 0 Å². The Morgan fingerprint density at radius 2 is 2.00 bits per heavy atom. The van der Waals surface area contributed by atoms with E-state index >= 15 is 0 Å². The van der Waals surface area contributed by atoms with Crippen molar-refractivity contribution in [3.8, 4) is 0 Å². The predicted molar refractivity (Wildman–Crippen MR) is 73.3 cm³/mol. The molecule has 3 nitrogen and oxygen atoms in total. The molecule has 18 heavy (non-hydrogen) atoms. The smallest absolute Gasteiger partial charge is 0.222 e. The Hall–Kier alpha value is -1.35. The summed E-state index contributed by atoms with van der Waals surface area (Å²) in [5.74, 6) is -0.198. The number of primary amides is 1. The first-order chi connectivity index (χ1) is 8.56. The highest BCUT2D eigenvalue weighted by Gasteiger charge is 2.28. The first-order valence-corrected chi connectivity index (χ1v) is 6.66. The monoisotopic (exact) mass is 246 g/mol. The second kappa shape index (κ2) is 5.53. The molecule has 1 amide bonds. The Morgan fingerprint density at radius 1 is 1.33 bits per heavy atom. The fraction of sp³-hybridized carbons (Fsp3) is 0.533. The summed E-state index contributed by atoms with van der Waals surface area (Å²) in [6.07, 6.45) is 2.84. The fourth-order valence-electron chi connectivity index (χ4n) is 2.95. The van der Waals surface area contributed by atoms with E-state index in [4.69, 9.17) is 5.73 Å². The van der Waals surface area contributed by atoms with E-state index in [1.807, 2.05) is 0 Å². The predicted octanol–water partition coefficient (Wildman–Crippen LogP) is 1.70. The van der Waals surface area contributed by atoms with E-state index in [1.165, 1.54) is 16.7 Å². The molecule has 3 N–H and O–H groups in total. The number of carbonyl (C=O) groups is 1. The van der Waals surface area contributed by atoms with Crippen LogP contribution in [0.2, 0.25) is 0 Å². The molecule has 1 heterocycles. The van der Waals surface area contributed by atoms with Crippen molar-refractivity contribution in [3.63, 3.8) is 0 Å². The van der Waals surface area contributed by atoms with E-state index < -0.39 is 0 Å². The number of rotatable bonds is 3. The van der Waals surface area contributed by atoms with E-state index in [9.17, 15) is 4.79 Å². The van der Waals surface area contributed by atoms with Gasteiger partial charge in [0.1, 0.15) is 0 Å². The first kappa shape index (κ1) is 13.1. The van der Waals surface area contributed by atoms with E-state index in [0.29, 0.717) is 0 Å². The average Bonchev–Trinajstić information content (AvgIpc) is 2.27. The van der Waals surface area contributed by atoms with Crippen LogP contribution in [0.4, 0.5) is 0 Å². The van der Waals surface area contributed by atoms with Crippen LogP contribution in [0.25, 0.3) is 0 Å². The number of amides is 1. The largest absolute Gasteiger partial charge is 0.369 e. The summed E-state index contributed by atoms with van der Waals surface area (Å²) < 4.78 is 0. The first-order valence-electron chi connectivity index (χ1n) is 6.66. The van der Waals surface area contributed by atoms with Crippen molar-refractivity contribution in [3.05, 3.63) is 34.9 Å². The maximum Gasteiger partial charge on any atom is 0.222 e. The van der Waals surface area contributed by atoms with Crippen LogP contribution in [0.3, 0.4) is 0 Å². The van der Waals surface area contributed by atoms with Crippen LogP contribution in [0.5, 0.6) is 0 Å². The zero-order valence-electron chi connectivity index (χ0n) is 11.2. The molecule has 3 heteroatoms. The number of nitrogens with one attached hydrogen (secondary N) is 1. The van der Waals surface area contributed by atoms with Gasteiger partial charge < -0.3 is 11.1 Å². The Morgan fingerprint density at radius 3 is 2.61 bits per heavy atom. The standard InChI is InChI=1S/C15H22N2O/c1-10-6-11(2)8-12(7-10)9-14-13(15(16)18)4-3-5-17-14/h6-8,13-14,17H,3-5,9H2,1-2H3,(H2,16,18). The van der Waals surface area contributed by atoms with Gasteiger partial charge in [0.15, 0.2) is 0 Å². The van der Waals surface area contributed by atoms with Gasteiger partial charge in [0.05, 0.1) is 5.92 Å². The van der Waals surface area contributed by atoms with Crippen molar-refractivity contribution in [1.29, 1.82) is 0 Å². The molecule has 0 bridgehead atoms. The Labute approximate surface area is 109 Å². The summed E-state index contributed by atoms with van der Waals surface area (Å²) in [5.41, 5.74) is 9.33. The molecule has 1 saturated heterocycles. The lowest BCUT2D eigenvalue weighted by Gasteiger charge is -2.30. The topological polar surface area (TPSA) is 55.1 Å². The van der Waals surface area contributed by atoms with Crippen molar-refractivity contribution >= 4 is 5.91 Å². The molecular formula is C15H22N2O. The van der Waals surface area contributed by atoms with Gasteiger partial charge in [-0.3, -0.25) is 4.79 Å². The Balaban J connectivity index is 2.13. The van der Waals surface area contributed by atoms with Gasteiger partial charge in [-0.2, -0.15) is 0 Å². The SMILES string of the molecule is Cc1cc(C)cc(CC2NCCCC2C(N)=O)c1. The van der Waals surface area contributed by atoms with E-state index in [1.54, 1.807) is 0 Å². The maximum absolute atomic E-state index is 11.5. The number of carbonyl (C=O) groups excluding carboxylic acids is 1. The molecule has 1 aliphatic heterocycles. The molecule has 0 saturated carbocycles. The third-order valence-electron chi connectivity index (χ3n) is 3.69. The van der Waals surface area contributed by atoms with Crippen molar-refractivity contribution in [2.24, 2.45) is 11.7 Å². The van der Waals surface area contributed by atoms with Crippen LogP contribution < -0.4 is 11.1 Å². The molecule has 2 atom stereocenters. The number of hydrogen-bond donors (Lipinski definition) is 2. The average molecular weight is 246 g/mol. The summed E-state index contributed by atoms with van der Waals surface area (Å²) >= 11 is 0. The van der Waals surface area contributed by atoms with E-state index in [-0.39, 0.29) is 17.9 Å². The van der Waals surface area contributed by atoms with Crippen LogP contribution in [-0.2, 0) is 11.2 Å². The lowest BCUT2D eigenvalue weighted by Crippen LogP contribution is -2.48. The van der Waals surface area contributed by atoms with Gasteiger partial charge in [0.2, 0.25) is 5.91 Å². The number of aryl methyl sites for hydroxylation is 2. The number of benzene rings is 1. The third kappa shape index (κ3) is 3.10. The summed E-state index contributed by atoms with van der Waals surface area (Å²) in [5, 5.41) is 3.44. The van der Waals surface area contributed by atoms with Gasteiger partial charge in [0, 0.05) is 6.04 Å². The van der Waals surface area contributed by atoms with Crippen LogP contribution in [0.1, 0.15) is 29.5 Å². The molecule has 1 aliphatic rings. The maximum atomic E-state index is 11.5. The van der Waals surface area contributed by atoms with Crippen molar-refractivity contribution < 1.29 is 4.79 Å². The van der Waals surface area contributed by atoms with Gasteiger partial charge in [-0.15, -0.1) is 0 Å². The molecular weight excluding hydrogens is 224 g/mol. The van der Waals surface area contributed by atoms with Crippen molar-refractivity contribution in [2.75, 3.05) is 6.54 Å². The second-order valence-corrected chi connectivity index (χ2v) is 5.41. The minimum atomic E-state index is -0.170. The molecule has 0 aromatic heterocycles. The second-order valence-electron chi connectivity index (χ2n) is 5.41. The van der Waals surface area contributed by atoms with Gasteiger partial charge in [-0.05, 0) is 45.2 Å². The molecule has 0 spiro atoms. The summed E-state index contributed by atoms with van der Waals surface area (Å²) in [6.45, 7) is 5.20. The molecule has 1 fully saturated rings. The molecule has 0 radical (unpaired) electrons. The van der Waals surface area contributed by atoms with Gasteiger partial charge >= 0.3 is 0 Å². The van der Waals surface area contributed by atoms with Gasteiger partial charge in [-0.1, -0.05) is 29.3 Å². The molecule has 2 rings (SSSR count). The normalized spacial score (nSPS) is 23.9. The van der Waals surface area contributed by atoms with Crippen LogP contribution in [0, 0.1) is 19.8 Å². The lowest BCUT2D eigenvalue weighted by atomic mass is 9.86. The number of nitrogens with two attached hydrogens (primary N) is 1. The summed E-state index contributed by atoms with van der Waals surface area (Å²) in [7, 11) is 0. The summed E-state index contributed by atoms with van der Waals surface area (Å²) in [6, 6.07) is 6.75. The molecule has 0 aliphatic carbocycles. The minimum absolute atomic E-state index is 0.0282. The zero-order valence-corrected chi connectivity index (χ0v) is 11.2. The number of piperidine rings is 1. The van der Waals surface area contributed by atoms with Crippen molar-refractivity contribution in [2.45, 2.75) is 39.2 Å². The minimum Gasteiger partial charge on any atom is -0.369 e. The fourth-order valence-corrected chi connectivity index (χ4v) is 2.95. The van der Waals surface area contributed by atoms with Crippen LogP contribution in [0.15, 0.2) is 18.2 Å². The zero-order chi connectivity index (χ0) is 13.1. The molecule has 98 valence electrons. The highest BCUT2D eigenvalue weighted by Crippen LogP contribution is 2.20. The van der Waals surface area contributed by atoms with Crippen LogP contribution in [-0.4, -0.2) is 18.5 Å². The number of hydrogen-bond acceptors (Lipinski definition) is 2. The van der Waals surface area contributed by atoms with Gasteiger partial charge in [0.25, 0.3) is 0 Å². The van der Waals surface area contributed by atoms with E-state index in [2.05, 4.69) is 37.4 Å². The highest BCUT2D eigenvalue weighted by molar-refractivity contribution is 5.77. The highest BCUT2D eigenvalue weighted by atomic mass is 16.1. The Bertz CT molecular complexity index is 422. The molecule has 1 aromatic rings. The Kier molecular flexibility index (Phi) is 4.02. The molecule has 1 aromatic carbocycles. The van der Waals surface area contributed by atoms with Crippen molar-refractivity contribution in [1.82, 2.24) is 5.32 Å². The summed E-state index contributed by atoms with van der Waals surface area (Å²) in [4.78, 5) is 11.5. The van der Waals surface area contributed by atoms with Gasteiger partial charge in [-0.25, -0.2) is 0 Å². The lowest BCUT2D eigenvalue weighted by molar-refractivity contribution is -0.123. The quantitative estimate of drug-likeness (QED) is 0.853. The third-order valence-corrected chi connectivity index (χ3v) is 3.69. The molecule has 2 unspecified atom stereocenters.